The van der Waals surface area contributed by atoms with Crippen LogP contribution in [0.4, 0.5) is 0 Å². The van der Waals surface area contributed by atoms with E-state index in [0.717, 1.165) is 0 Å². The molecule has 2 saturated heterocycles. The van der Waals surface area contributed by atoms with Crippen molar-refractivity contribution in [2.24, 2.45) is 23.5 Å². The van der Waals surface area contributed by atoms with Crippen molar-refractivity contribution in [1.29, 1.82) is 0 Å². The van der Waals surface area contributed by atoms with Crippen LogP contribution >= 0.6 is 0 Å². The minimum atomic E-state index is -1.90. The Morgan fingerprint density at radius 2 is 1.18 bits per heavy atom. The third-order valence-electron chi connectivity index (χ3n) is 12.0. The number of allylic oxidation sites excluding steroid dienone is 12. The number of hydrogen-bond acceptors (Lipinski definition) is 15. The molecule has 0 radical (unpaired) electrons. The van der Waals surface area contributed by atoms with Gasteiger partial charge in [-0.3, -0.25) is 4.79 Å². The van der Waals surface area contributed by atoms with E-state index >= 15 is 0 Å². The van der Waals surface area contributed by atoms with Gasteiger partial charge in [0.25, 0.3) is 0 Å². The van der Waals surface area contributed by atoms with Gasteiger partial charge in [-0.1, -0.05) is 106 Å². The molecular weight excluding hydrogens is 803 g/mol. The molecule has 0 aromatic heterocycles. The van der Waals surface area contributed by atoms with Crippen molar-refractivity contribution >= 4 is 5.97 Å². The number of ether oxygens (including phenoxy) is 4. The van der Waals surface area contributed by atoms with E-state index in [9.17, 15) is 50.8 Å². The second-order valence-electron chi connectivity index (χ2n) is 17.4. The van der Waals surface area contributed by atoms with Gasteiger partial charge in [-0.15, -0.1) is 0 Å². The number of esters is 1. The number of nitrogens with two attached hydrogens (primary N) is 1. The van der Waals surface area contributed by atoms with E-state index < -0.39 is 109 Å². The van der Waals surface area contributed by atoms with E-state index in [0.29, 0.717) is 6.42 Å². The smallest absolute Gasteiger partial charge is 0.308 e. The van der Waals surface area contributed by atoms with Crippen LogP contribution in [-0.2, 0) is 23.7 Å². The maximum absolute atomic E-state index is 12.6. The van der Waals surface area contributed by atoms with Crippen molar-refractivity contribution in [3.63, 3.8) is 0 Å². The Morgan fingerprint density at radius 3 is 1.79 bits per heavy atom. The van der Waals surface area contributed by atoms with E-state index in [2.05, 4.69) is 0 Å². The van der Waals surface area contributed by atoms with Gasteiger partial charge in [0.1, 0.15) is 12.2 Å². The number of carbonyl (C=O) groups is 1. The molecule has 3 heterocycles. The van der Waals surface area contributed by atoms with Crippen molar-refractivity contribution in [2.75, 3.05) is 0 Å². The van der Waals surface area contributed by atoms with Gasteiger partial charge in [-0.25, -0.2) is 0 Å². The lowest BCUT2D eigenvalue weighted by Gasteiger charge is -2.45. The topological polar surface area (TPSA) is 262 Å². The fraction of sp³-hybridized carbons (Fsp3) is 0.681. The Bertz CT molecular complexity index is 1530. The summed E-state index contributed by atoms with van der Waals surface area (Å²) < 4.78 is 23.7. The van der Waals surface area contributed by atoms with Gasteiger partial charge >= 0.3 is 5.97 Å². The number of carbonyl (C=O) groups excluding carboxylic acids is 1. The number of aliphatic hydroxyl groups excluding tert-OH is 8. The molecule has 15 nitrogen and oxygen atoms in total. The van der Waals surface area contributed by atoms with Gasteiger partial charge in [0.15, 0.2) is 12.1 Å². The Balaban J connectivity index is 1.78. The van der Waals surface area contributed by atoms with Crippen LogP contribution in [0.3, 0.4) is 0 Å². The Morgan fingerprint density at radius 1 is 0.629 bits per heavy atom. The molecule has 3 aliphatic rings. The third kappa shape index (κ3) is 18.3. The SMILES string of the molecule is CC1OC(O[C@H]2C=CC=CC=CC=CC=CC=CC=C[C@H](C)[C@@H](O)[C@@H](C)[C@H](C)OC(=O)C[C@H](O)C[C@H](O)C[C@H](O)CCC[C@H](O)C[C@]3(O)C[C@H](O)[C@@H](C)C(C2)O3)C(O)C(N)C1O. The summed E-state index contributed by atoms with van der Waals surface area (Å²) in [4.78, 5) is 12.6. The molecule has 0 saturated carbocycles. The van der Waals surface area contributed by atoms with Crippen LogP contribution in [-0.4, -0.2) is 143 Å². The predicted octanol–water partition coefficient (Wildman–Crippen LogP) is 2.68. The maximum atomic E-state index is 12.6. The fourth-order valence-electron chi connectivity index (χ4n) is 7.83. The van der Waals surface area contributed by atoms with Gasteiger partial charge in [0, 0.05) is 37.0 Å². The van der Waals surface area contributed by atoms with Crippen molar-refractivity contribution in [2.45, 2.75) is 184 Å². The molecular formula is C47H75NO14. The standard InChI is InChI=1S/C47H75NO14/c1-29-19-16-14-12-10-8-6-7-9-11-13-15-17-22-38(61-46-45(57)42(48)44(56)33(5)60-46)26-40-31(3)39(53)28-47(58,62-40)27-35(50)21-18-20-34(49)23-36(51)24-37(52)25-41(54)59-32(4)30(2)43(29)55/h6-17,19,22,29-40,42-46,49-53,55-58H,18,20-21,23-28,48H2,1-5H3/t29-,30-,31+,32-,33?,34+,35-,36+,37+,38-,39-,40?,42?,43+,44?,45?,46?,47+/m0/s1. The lowest BCUT2D eigenvalue weighted by molar-refractivity contribution is -0.308. The molecule has 352 valence electrons. The highest BCUT2D eigenvalue weighted by molar-refractivity contribution is 5.70. The molecule has 3 rings (SSSR count). The van der Waals surface area contributed by atoms with Crippen LogP contribution in [0.2, 0.25) is 0 Å². The molecule has 0 aromatic rings. The minimum Gasteiger partial charge on any atom is -0.462 e. The summed E-state index contributed by atoms with van der Waals surface area (Å²) in [6.07, 6.45) is 12.5. The zero-order chi connectivity index (χ0) is 46.0. The number of cyclic esters (lactones) is 1. The van der Waals surface area contributed by atoms with Crippen LogP contribution in [0.15, 0.2) is 85.1 Å². The van der Waals surface area contributed by atoms with Crippen molar-refractivity contribution in [3.8, 4) is 0 Å². The second kappa shape index (κ2) is 26.8. The van der Waals surface area contributed by atoms with Crippen LogP contribution in [0.5, 0.6) is 0 Å². The van der Waals surface area contributed by atoms with E-state index in [4.69, 9.17) is 24.7 Å². The Hall–Kier alpha value is -2.87. The highest BCUT2D eigenvalue weighted by Crippen LogP contribution is 2.37. The molecule has 2 bridgehead atoms. The lowest BCUT2D eigenvalue weighted by atomic mass is 9.84. The summed E-state index contributed by atoms with van der Waals surface area (Å²) in [5.74, 6) is -3.69. The molecule has 0 spiro atoms. The van der Waals surface area contributed by atoms with Crippen LogP contribution < -0.4 is 5.73 Å². The second-order valence-corrected chi connectivity index (χ2v) is 17.4. The van der Waals surface area contributed by atoms with Crippen molar-refractivity contribution in [1.82, 2.24) is 0 Å². The number of fused-ring (bicyclic) bond motifs is 2. The number of rotatable bonds is 2. The van der Waals surface area contributed by atoms with Crippen LogP contribution in [0.1, 0.15) is 92.4 Å². The van der Waals surface area contributed by atoms with E-state index in [1.165, 1.54) is 0 Å². The summed E-state index contributed by atoms with van der Waals surface area (Å²) in [6.45, 7) is 8.71. The highest BCUT2D eigenvalue weighted by Gasteiger charge is 2.47. The maximum Gasteiger partial charge on any atom is 0.308 e. The molecule has 0 aliphatic carbocycles. The largest absolute Gasteiger partial charge is 0.462 e. The molecule has 2 fully saturated rings. The van der Waals surface area contributed by atoms with Gasteiger partial charge in [0.2, 0.25) is 0 Å². The monoisotopic (exact) mass is 878 g/mol. The molecule has 0 amide bonds. The van der Waals surface area contributed by atoms with Gasteiger partial charge in [-0.05, 0) is 46.0 Å². The lowest BCUT2D eigenvalue weighted by Crippen LogP contribution is -2.61. The Kier molecular flexibility index (Phi) is 23.1. The fourth-order valence-corrected chi connectivity index (χ4v) is 7.83. The predicted molar refractivity (Wildman–Crippen MR) is 234 cm³/mol. The molecule has 3 aliphatic heterocycles. The first-order valence-electron chi connectivity index (χ1n) is 22.1. The summed E-state index contributed by atoms with van der Waals surface area (Å²) in [6, 6.07) is -1.02. The average Bonchev–Trinajstić information content (AvgIpc) is 3.19. The summed E-state index contributed by atoms with van der Waals surface area (Å²) in [5, 5.41) is 97.2. The normalized spacial score (nSPS) is 42.4. The number of aliphatic hydroxyl groups is 9. The van der Waals surface area contributed by atoms with E-state index in [-0.39, 0.29) is 57.3 Å². The third-order valence-corrected chi connectivity index (χ3v) is 12.0. The summed E-state index contributed by atoms with van der Waals surface area (Å²) in [5.41, 5.74) is 6.06. The quantitative estimate of drug-likeness (QED) is 0.179. The molecule has 0 aromatic carbocycles. The number of hydrogen-bond donors (Lipinski definition) is 10. The zero-order valence-electron chi connectivity index (χ0n) is 36.9. The first-order valence-corrected chi connectivity index (χ1v) is 22.1. The van der Waals surface area contributed by atoms with Gasteiger partial charge < -0.3 is 70.6 Å². The molecule has 15 heteroatoms. The summed E-state index contributed by atoms with van der Waals surface area (Å²) >= 11 is 0. The zero-order valence-corrected chi connectivity index (χ0v) is 36.9. The molecule has 11 N–H and O–H groups in total. The molecule has 18 atom stereocenters. The summed E-state index contributed by atoms with van der Waals surface area (Å²) in [7, 11) is 0. The van der Waals surface area contributed by atoms with Crippen LogP contribution in [0, 0.1) is 17.8 Å². The average molecular weight is 878 g/mol. The van der Waals surface area contributed by atoms with Crippen molar-refractivity contribution < 1.29 is 69.7 Å². The highest BCUT2D eigenvalue weighted by atomic mass is 16.7. The van der Waals surface area contributed by atoms with Crippen molar-refractivity contribution in [3.05, 3.63) is 85.1 Å². The Labute approximate surface area is 367 Å². The van der Waals surface area contributed by atoms with Crippen LogP contribution in [0.25, 0.3) is 0 Å². The first-order chi connectivity index (χ1) is 29.3. The van der Waals surface area contributed by atoms with Gasteiger partial charge in [-0.2, -0.15) is 0 Å². The molecule has 6 unspecified atom stereocenters. The molecule has 62 heavy (non-hydrogen) atoms. The van der Waals surface area contributed by atoms with E-state index in [1.54, 1.807) is 52.0 Å². The minimum absolute atomic E-state index is 0.0763. The van der Waals surface area contributed by atoms with E-state index in [1.807, 2.05) is 67.7 Å². The van der Waals surface area contributed by atoms with Gasteiger partial charge in [0.05, 0.1) is 73.5 Å². The first kappa shape index (κ1) is 53.5.